The zero-order valence-electron chi connectivity index (χ0n) is 12.7. The Labute approximate surface area is 140 Å². The Morgan fingerprint density at radius 2 is 2.05 bits per heavy atom. The van der Waals surface area contributed by atoms with Crippen LogP contribution in [0, 0.1) is 0 Å². The number of ether oxygens (including phenoxy) is 2. The van der Waals surface area contributed by atoms with E-state index >= 15 is 0 Å². The van der Waals surface area contributed by atoms with Crippen LogP contribution < -0.4 is 14.8 Å². The standard InChI is InChI=1S/C17H21BrN2O2/c1-2-10-21-16-7-6-15(18)12-14(16)13-19-9-11-22-17-5-3-4-8-20-17/h3-8,12,19H,2,9-11,13H2,1H3. The molecule has 1 N–H and O–H groups in total. The summed E-state index contributed by atoms with van der Waals surface area (Å²) in [4.78, 5) is 4.12. The van der Waals surface area contributed by atoms with E-state index in [0.717, 1.165) is 41.9 Å². The molecule has 0 aliphatic carbocycles. The van der Waals surface area contributed by atoms with E-state index in [0.29, 0.717) is 12.5 Å². The maximum atomic E-state index is 5.77. The maximum absolute atomic E-state index is 5.77. The summed E-state index contributed by atoms with van der Waals surface area (Å²) in [5.41, 5.74) is 1.14. The average molecular weight is 365 g/mol. The monoisotopic (exact) mass is 364 g/mol. The van der Waals surface area contributed by atoms with Crippen LogP contribution in [0.25, 0.3) is 0 Å². The third kappa shape index (κ3) is 5.66. The van der Waals surface area contributed by atoms with Gasteiger partial charge in [-0.1, -0.05) is 28.9 Å². The van der Waals surface area contributed by atoms with E-state index in [4.69, 9.17) is 9.47 Å². The molecule has 1 aromatic heterocycles. The van der Waals surface area contributed by atoms with Crippen molar-refractivity contribution in [3.8, 4) is 11.6 Å². The van der Waals surface area contributed by atoms with Crippen molar-refractivity contribution in [2.45, 2.75) is 19.9 Å². The van der Waals surface area contributed by atoms with Gasteiger partial charge in [0.15, 0.2) is 0 Å². The number of pyridine rings is 1. The normalized spacial score (nSPS) is 10.5. The van der Waals surface area contributed by atoms with Crippen molar-refractivity contribution in [2.24, 2.45) is 0 Å². The van der Waals surface area contributed by atoms with Crippen LogP contribution in [0.3, 0.4) is 0 Å². The van der Waals surface area contributed by atoms with Crippen LogP contribution in [0.1, 0.15) is 18.9 Å². The summed E-state index contributed by atoms with van der Waals surface area (Å²) in [7, 11) is 0. The molecule has 118 valence electrons. The molecule has 0 fully saturated rings. The Morgan fingerprint density at radius 1 is 1.14 bits per heavy atom. The van der Waals surface area contributed by atoms with Gasteiger partial charge in [-0.3, -0.25) is 0 Å². The highest BCUT2D eigenvalue weighted by Crippen LogP contribution is 2.23. The van der Waals surface area contributed by atoms with Crippen molar-refractivity contribution in [1.82, 2.24) is 10.3 Å². The van der Waals surface area contributed by atoms with Crippen LogP contribution in [0.4, 0.5) is 0 Å². The highest BCUT2D eigenvalue weighted by Gasteiger charge is 2.04. The summed E-state index contributed by atoms with van der Waals surface area (Å²) in [5, 5.41) is 3.36. The molecule has 2 rings (SSSR count). The third-order valence-corrected chi connectivity index (χ3v) is 3.46. The highest BCUT2D eigenvalue weighted by atomic mass is 79.9. The molecule has 0 atom stereocenters. The van der Waals surface area contributed by atoms with Gasteiger partial charge in [0.05, 0.1) is 6.61 Å². The average Bonchev–Trinajstić information content (AvgIpc) is 2.55. The zero-order valence-corrected chi connectivity index (χ0v) is 14.3. The lowest BCUT2D eigenvalue weighted by atomic mass is 10.2. The molecule has 1 heterocycles. The number of benzene rings is 1. The van der Waals surface area contributed by atoms with Crippen LogP contribution >= 0.6 is 15.9 Å². The predicted octanol–water partition coefficient (Wildman–Crippen LogP) is 3.80. The minimum atomic E-state index is 0.580. The van der Waals surface area contributed by atoms with E-state index < -0.39 is 0 Å². The molecule has 0 unspecified atom stereocenters. The van der Waals surface area contributed by atoms with E-state index in [1.807, 2.05) is 30.3 Å². The molecule has 0 aliphatic heterocycles. The second kappa shape index (κ2) is 9.43. The van der Waals surface area contributed by atoms with Crippen LogP contribution in [-0.2, 0) is 6.54 Å². The molecule has 22 heavy (non-hydrogen) atoms. The van der Waals surface area contributed by atoms with Crippen molar-refractivity contribution in [3.05, 3.63) is 52.6 Å². The maximum Gasteiger partial charge on any atom is 0.213 e. The first kappa shape index (κ1) is 16.8. The topological polar surface area (TPSA) is 43.4 Å². The van der Waals surface area contributed by atoms with Gasteiger partial charge in [-0.05, 0) is 30.7 Å². The lowest BCUT2D eigenvalue weighted by Crippen LogP contribution is -2.21. The molecule has 0 spiro atoms. The van der Waals surface area contributed by atoms with E-state index in [2.05, 4.69) is 39.2 Å². The largest absolute Gasteiger partial charge is 0.493 e. The summed E-state index contributed by atoms with van der Waals surface area (Å²) < 4.78 is 12.4. The van der Waals surface area contributed by atoms with Crippen molar-refractivity contribution >= 4 is 15.9 Å². The first-order valence-corrected chi connectivity index (χ1v) is 8.24. The van der Waals surface area contributed by atoms with Crippen molar-refractivity contribution in [2.75, 3.05) is 19.8 Å². The van der Waals surface area contributed by atoms with Crippen molar-refractivity contribution in [3.63, 3.8) is 0 Å². The zero-order chi connectivity index (χ0) is 15.6. The number of hydrogen-bond donors (Lipinski definition) is 1. The molecule has 0 saturated carbocycles. The lowest BCUT2D eigenvalue weighted by Gasteiger charge is -2.12. The van der Waals surface area contributed by atoms with Crippen LogP contribution in [0.2, 0.25) is 0 Å². The van der Waals surface area contributed by atoms with Gasteiger partial charge in [-0.2, -0.15) is 0 Å². The summed E-state index contributed by atoms with van der Waals surface area (Å²) in [5.74, 6) is 1.59. The number of hydrogen-bond acceptors (Lipinski definition) is 4. The minimum absolute atomic E-state index is 0.580. The third-order valence-electron chi connectivity index (χ3n) is 2.97. The van der Waals surface area contributed by atoms with E-state index in [-0.39, 0.29) is 0 Å². The Morgan fingerprint density at radius 3 is 2.82 bits per heavy atom. The Kier molecular flexibility index (Phi) is 7.19. The quantitative estimate of drug-likeness (QED) is 0.687. The number of aromatic nitrogens is 1. The molecular weight excluding hydrogens is 344 g/mol. The Bertz CT molecular complexity index is 564. The molecule has 0 bridgehead atoms. The number of nitrogens with zero attached hydrogens (tertiary/aromatic N) is 1. The van der Waals surface area contributed by atoms with E-state index in [9.17, 15) is 0 Å². The van der Waals surface area contributed by atoms with Crippen molar-refractivity contribution < 1.29 is 9.47 Å². The van der Waals surface area contributed by atoms with Crippen LogP contribution in [0.5, 0.6) is 11.6 Å². The molecule has 0 amide bonds. The van der Waals surface area contributed by atoms with E-state index in [1.165, 1.54) is 0 Å². The smallest absolute Gasteiger partial charge is 0.213 e. The second-order valence-electron chi connectivity index (χ2n) is 4.79. The molecule has 4 nitrogen and oxygen atoms in total. The summed E-state index contributed by atoms with van der Waals surface area (Å²) in [6.07, 6.45) is 2.72. The molecule has 5 heteroatoms. The first-order valence-electron chi connectivity index (χ1n) is 7.45. The summed E-state index contributed by atoms with van der Waals surface area (Å²) >= 11 is 3.50. The van der Waals surface area contributed by atoms with Gasteiger partial charge >= 0.3 is 0 Å². The van der Waals surface area contributed by atoms with Gasteiger partial charge in [0.1, 0.15) is 12.4 Å². The Hall–Kier alpha value is -1.59. The number of halogens is 1. The Balaban J connectivity index is 1.77. The fraction of sp³-hybridized carbons (Fsp3) is 0.353. The molecule has 1 aromatic carbocycles. The van der Waals surface area contributed by atoms with Gasteiger partial charge in [-0.15, -0.1) is 0 Å². The molecule has 0 radical (unpaired) electrons. The van der Waals surface area contributed by atoms with Gasteiger partial charge < -0.3 is 14.8 Å². The van der Waals surface area contributed by atoms with Gasteiger partial charge in [-0.25, -0.2) is 4.98 Å². The van der Waals surface area contributed by atoms with Gasteiger partial charge in [0, 0.05) is 35.4 Å². The molecule has 0 aliphatic rings. The number of rotatable bonds is 9. The predicted molar refractivity (Wildman–Crippen MR) is 91.4 cm³/mol. The highest BCUT2D eigenvalue weighted by molar-refractivity contribution is 9.10. The first-order chi connectivity index (χ1) is 10.8. The molecular formula is C17H21BrN2O2. The van der Waals surface area contributed by atoms with Gasteiger partial charge in [0.2, 0.25) is 5.88 Å². The lowest BCUT2D eigenvalue weighted by molar-refractivity contribution is 0.298. The fourth-order valence-corrected chi connectivity index (χ4v) is 2.33. The van der Waals surface area contributed by atoms with E-state index in [1.54, 1.807) is 6.20 Å². The SMILES string of the molecule is CCCOc1ccc(Br)cc1CNCCOc1ccccn1. The minimum Gasteiger partial charge on any atom is -0.493 e. The molecule has 2 aromatic rings. The fourth-order valence-electron chi connectivity index (χ4n) is 1.92. The van der Waals surface area contributed by atoms with Crippen molar-refractivity contribution in [1.29, 1.82) is 0 Å². The van der Waals surface area contributed by atoms with Gasteiger partial charge in [0.25, 0.3) is 0 Å². The number of nitrogens with one attached hydrogen (secondary N) is 1. The summed E-state index contributed by atoms with van der Waals surface area (Å²) in [6.45, 7) is 4.90. The van der Waals surface area contributed by atoms with Crippen LogP contribution in [0.15, 0.2) is 47.1 Å². The van der Waals surface area contributed by atoms with Crippen LogP contribution in [-0.4, -0.2) is 24.7 Å². The molecule has 0 saturated heterocycles. The summed E-state index contributed by atoms with van der Waals surface area (Å²) in [6, 6.07) is 11.7. The second-order valence-corrected chi connectivity index (χ2v) is 5.71.